The third-order valence-electron chi connectivity index (χ3n) is 3.94. The van der Waals surface area contributed by atoms with Crippen molar-refractivity contribution in [1.82, 2.24) is 5.32 Å². The van der Waals surface area contributed by atoms with Crippen LogP contribution in [0.2, 0.25) is 0 Å². The van der Waals surface area contributed by atoms with Crippen LogP contribution in [0.25, 0.3) is 0 Å². The van der Waals surface area contributed by atoms with Gasteiger partial charge in [-0.25, -0.2) is 0 Å². The van der Waals surface area contributed by atoms with Crippen LogP contribution in [-0.2, 0) is 17.6 Å². The van der Waals surface area contributed by atoms with E-state index in [2.05, 4.69) is 5.32 Å². The molecule has 2 rings (SSSR count). The second-order valence-electron chi connectivity index (χ2n) is 6.15. The van der Waals surface area contributed by atoms with Gasteiger partial charge in [0.25, 0.3) is 5.91 Å². The number of nitrogens with one attached hydrogen (secondary N) is 1. The average molecular weight is 345 g/mol. The number of hydrogen-bond donors (Lipinski definition) is 2. The van der Waals surface area contributed by atoms with E-state index in [-0.39, 0.29) is 24.0 Å². The minimum atomic E-state index is -1.03. The molecule has 0 fully saturated rings. The molecule has 25 heavy (non-hydrogen) atoms. The van der Waals surface area contributed by atoms with E-state index >= 15 is 0 Å². The Morgan fingerprint density at radius 3 is 2.56 bits per heavy atom. The highest BCUT2D eigenvalue weighted by atomic mass is 16.5. The minimum Gasteiger partial charge on any atom is -0.497 e. The highest BCUT2D eigenvalue weighted by molar-refractivity contribution is 5.97. The number of furan rings is 1. The summed E-state index contributed by atoms with van der Waals surface area (Å²) in [6.07, 6.45) is 1.92. The van der Waals surface area contributed by atoms with E-state index < -0.39 is 5.97 Å². The van der Waals surface area contributed by atoms with Gasteiger partial charge in [0, 0.05) is 12.1 Å². The Bertz CT molecular complexity index is 733. The van der Waals surface area contributed by atoms with E-state index in [1.54, 1.807) is 14.0 Å². The van der Waals surface area contributed by atoms with Crippen LogP contribution in [0.4, 0.5) is 0 Å². The van der Waals surface area contributed by atoms with Gasteiger partial charge in [-0.2, -0.15) is 0 Å². The van der Waals surface area contributed by atoms with Crippen LogP contribution in [0, 0.1) is 12.8 Å². The van der Waals surface area contributed by atoms with E-state index in [1.807, 2.05) is 31.2 Å². The van der Waals surface area contributed by atoms with Gasteiger partial charge in [-0.15, -0.1) is 0 Å². The second kappa shape index (κ2) is 8.37. The number of carboxylic acids is 1. The summed E-state index contributed by atoms with van der Waals surface area (Å²) in [6.45, 7) is 4.26. The maximum Gasteiger partial charge on any atom is 0.311 e. The Morgan fingerprint density at radius 1 is 1.28 bits per heavy atom. The molecule has 0 aliphatic rings. The van der Waals surface area contributed by atoms with Crippen molar-refractivity contribution >= 4 is 11.9 Å². The van der Waals surface area contributed by atoms with Crippen LogP contribution >= 0.6 is 0 Å². The SMILES string of the molecule is COc1ccc(CC(C)CNC(=O)c2c(C)coc2CC(=O)O)cc1. The van der Waals surface area contributed by atoms with Crippen LogP contribution in [-0.4, -0.2) is 30.6 Å². The summed E-state index contributed by atoms with van der Waals surface area (Å²) in [5, 5.41) is 11.8. The average Bonchev–Trinajstić information content (AvgIpc) is 2.93. The molecule has 1 heterocycles. The van der Waals surface area contributed by atoms with Crippen LogP contribution in [0.5, 0.6) is 5.75 Å². The molecule has 1 unspecified atom stereocenters. The van der Waals surface area contributed by atoms with Gasteiger partial charge >= 0.3 is 5.97 Å². The Balaban J connectivity index is 1.92. The first kappa shape index (κ1) is 18.6. The standard InChI is InChI=1S/C19H23NO5/c1-12(8-14-4-6-15(24-3)7-5-14)10-20-19(23)18-13(2)11-25-16(18)9-17(21)22/h4-7,11-12H,8-10H2,1-3H3,(H,20,23)(H,21,22). The quantitative estimate of drug-likeness (QED) is 0.768. The molecule has 2 aromatic rings. The highest BCUT2D eigenvalue weighted by Gasteiger charge is 2.20. The number of methoxy groups -OCH3 is 1. The lowest BCUT2D eigenvalue weighted by Crippen LogP contribution is -2.30. The first-order valence-electron chi connectivity index (χ1n) is 8.10. The molecule has 1 aromatic carbocycles. The number of aryl methyl sites for hydroxylation is 1. The minimum absolute atomic E-state index is 0.185. The number of hydrogen-bond acceptors (Lipinski definition) is 4. The Kier molecular flexibility index (Phi) is 6.22. The van der Waals surface area contributed by atoms with Crippen LogP contribution < -0.4 is 10.1 Å². The van der Waals surface area contributed by atoms with Gasteiger partial charge in [0.1, 0.15) is 17.9 Å². The van der Waals surface area contributed by atoms with Crippen molar-refractivity contribution in [1.29, 1.82) is 0 Å². The fraction of sp³-hybridized carbons (Fsp3) is 0.368. The molecule has 6 nitrogen and oxygen atoms in total. The van der Waals surface area contributed by atoms with Crippen molar-refractivity contribution < 1.29 is 23.8 Å². The van der Waals surface area contributed by atoms with Gasteiger partial charge in [0.15, 0.2) is 0 Å². The van der Waals surface area contributed by atoms with E-state index in [1.165, 1.54) is 6.26 Å². The second-order valence-corrected chi connectivity index (χ2v) is 6.15. The molecule has 0 aliphatic carbocycles. The Hall–Kier alpha value is -2.76. The number of carbonyl (C=O) groups is 2. The molecule has 0 spiro atoms. The molecule has 0 bridgehead atoms. The molecule has 0 saturated carbocycles. The highest BCUT2D eigenvalue weighted by Crippen LogP contribution is 2.18. The molecule has 0 radical (unpaired) electrons. The van der Waals surface area contributed by atoms with Gasteiger partial charge in [0.05, 0.1) is 18.9 Å². The van der Waals surface area contributed by atoms with Gasteiger partial charge in [-0.3, -0.25) is 9.59 Å². The molecule has 0 aliphatic heterocycles. The lowest BCUT2D eigenvalue weighted by atomic mass is 10.0. The number of amides is 1. The predicted molar refractivity (Wildman–Crippen MR) is 93.0 cm³/mol. The Labute approximate surface area is 146 Å². The largest absolute Gasteiger partial charge is 0.497 e. The van der Waals surface area contributed by atoms with Crippen LogP contribution in [0.1, 0.15) is 34.2 Å². The van der Waals surface area contributed by atoms with Gasteiger partial charge < -0.3 is 19.6 Å². The monoisotopic (exact) mass is 345 g/mol. The molecule has 0 saturated heterocycles. The zero-order chi connectivity index (χ0) is 18.4. The smallest absolute Gasteiger partial charge is 0.311 e. The fourth-order valence-corrected chi connectivity index (χ4v) is 2.66. The van der Waals surface area contributed by atoms with Crippen molar-refractivity contribution in [2.75, 3.05) is 13.7 Å². The fourth-order valence-electron chi connectivity index (χ4n) is 2.66. The summed E-state index contributed by atoms with van der Waals surface area (Å²) < 4.78 is 10.3. The molecule has 2 N–H and O–H groups in total. The van der Waals surface area contributed by atoms with E-state index in [4.69, 9.17) is 14.3 Å². The van der Waals surface area contributed by atoms with Crippen molar-refractivity contribution in [2.24, 2.45) is 5.92 Å². The molecule has 6 heteroatoms. The Morgan fingerprint density at radius 2 is 1.96 bits per heavy atom. The predicted octanol–water partition coefficient (Wildman–Crippen LogP) is 2.83. The lowest BCUT2D eigenvalue weighted by molar-refractivity contribution is -0.136. The maximum atomic E-state index is 12.4. The molecular formula is C19H23NO5. The van der Waals surface area contributed by atoms with E-state index in [0.717, 1.165) is 17.7 Å². The van der Waals surface area contributed by atoms with Gasteiger partial charge in [-0.1, -0.05) is 19.1 Å². The van der Waals surface area contributed by atoms with Gasteiger partial charge in [-0.05, 0) is 37.0 Å². The van der Waals surface area contributed by atoms with Crippen molar-refractivity contribution in [3.05, 3.63) is 53.0 Å². The van der Waals surface area contributed by atoms with Crippen LogP contribution in [0.15, 0.2) is 34.9 Å². The molecule has 1 amide bonds. The molecular weight excluding hydrogens is 322 g/mol. The molecule has 1 atom stereocenters. The zero-order valence-corrected chi connectivity index (χ0v) is 14.7. The number of rotatable bonds is 8. The summed E-state index contributed by atoms with van der Waals surface area (Å²) in [6, 6.07) is 7.83. The topological polar surface area (TPSA) is 88.8 Å². The first-order valence-corrected chi connectivity index (χ1v) is 8.10. The molecule has 1 aromatic heterocycles. The number of carbonyl (C=O) groups excluding carboxylic acids is 1. The zero-order valence-electron chi connectivity index (χ0n) is 14.7. The van der Waals surface area contributed by atoms with Crippen molar-refractivity contribution in [3.8, 4) is 5.75 Å². The normalized spacial score (nSPS) is 11.8. The summed E-state index contributed by atoms with van der Waals surface area (Å²) in [7, 11) is 1.63. The van der Waals surface area contributed by atoms with E-state index in [0.29, 0.717) is 17.7 Å². The first-order chi connectivity index (χ1) is 11.9. The number of carboxylic acid groups (broad SMARTS) is 1. The summed E-state index contributed by atoms with van der Waals surface area (Å²) in [4.78, 5) is 23.3. The number of ether oxygens (including phenoxy) is 1. The number of aliphatic carboxylic acids is 1. The van der Waals surface area contributed by atoms with Crippen LogP contribution in [0.3, 0.4) is 0 Å². The van der Waals surface area contributed by atoms with Crippen molar-refractivity contribution in [2.45, 2.75) is 26.7 Å². The van der Waals surface area contributed by atoms with Crippen molar-refractivity contribution in [3.63, 3.8) is 0 Å². The summed E-state index contributed by atoms with van der Waals surface area (Å²) in [5.74, 6) is -0.107. The number of benzene rings is 1. The third kappa shape index (κ3) is 5.11. The molecule has 134 valence electrons. The third-order valence-corrected chi connectivity index (χ3v) is 3.94. The lowest BCUT2D eigenvalue weighted by Gasteiger charge is -2.13. The summed E-state index contributed by atoms with van der Waals surface area (Å²) in [5.41, 5.74) is 2.12. The maximum absolute atomic E-state index is 12.4. The van der Waals surface area contributed by atoms with Gasteiger partial charge in [0.2, 0.25) is 0 Å². The van der Waals surface area contributed by atoms with E-state index in [9.17, 15) is 9.59 Å². The summed E-state index contributed by atoms with van der Waals surface area (Å²) >= 11 is 0.